The van der Waals surface area contributed by atoms with Gasteiger partial charge >= 0.3 is 6.09 Å². The summed E-state index contributed by atoms with van der Waals surface area (Å²) >= 11 is 0. The van der Waals surface area contributed by atoms with Crippen molar-refractivity contribution >= 4 is 21.8 Å². The number of hydrogen-bond acceptors (Lipinski definition) is 6. The second-order valence-corrected chi connectivity index (χ2v) is 11.0. The highest BCUT2D eigenvalue weighted by molar-refractivity contribution is 7.89. The van der Waals surface area contributed by atoms with Crippen molar-refractivity contribution in [3.8, 4) is 0 Å². The molecule has 0 spiro atoms. The molecule has 1 aliphatic heterocycles. The van der Waals surface area contributed by atoms with E-state index in [-0.39, 0.29) is 11.1 Å². The minimum absolute atomic E-state index is 0.100. The van der Waals surface area contributed by atoms with Gasteiger partial charge in [-0.1, -0.05) is 12.1 Å². The average molecular weight is 464 g/mol. The number of aromatic nitrogens is 2. The van der Waals surface area contributed by atoms with Gasteiger partial charge in [-0.15, -0.1) is 0 Å². The molecule has 3 rings (SSSR count). The molecule has 0 atom stereocenters. The number of piperidine rings is 1. The van der Waals surface area contributed by atoms with Gasteiger partial charge in [0.2, 0.25) is 0 Å². The highest BCUT2D eigenvalue weighted by Crippen LogP contribution is 2.22. The summed E-state index contributed by atoms with van der Waals surface area (Å²) in [4.78, 5) is 15.7. The molecule has 2 aromatic rings. The summed E-state index contributed by atoms with van der Waals surface area (Å²) in [5, 5.41) is 6.35. The quantitative estimate of drug-likeness (QED) is 0.654. The van der Waals surface area contributed by atoms with Gasteiger partial charge in [-0.3, -0.25) is 0 Å². The summed E-state index contributed by atoms with van der Waals surface area (Å²) in [7, 11) is -1.78. The van der Waals surface area contributed by atoms with Crippen LogP contribution in [0, 0.1) is 0 Å². The Labute approximate surface area is 190 Å². The SMILES string of the molecule is Cn1cnc(S(=O)(=O)N2CCC(Nc3ccc(CCNC(=O)OC(C)(C)C)cc3)CC2)c1. The maximum Gasteiger partial charge on any atom is 0.407 e. The Morgan fingerprint density at radius 1 is 1.19 bits per heavy atom. The lowest BCUT2D eigenvalue weighted by molar-refractivity contribution is 0.0528. The van der Waals surface area contributed by atoms with E-state index in [1.165, 1.54) is 16.8 Å². The minimum Gasteiger partial charge on any atom is -0.444 e. The van der Waals surface area contributed by atoms with Crippen molar-refractivity contribution in [1.29, 1.82) is 0 Å². The monoisotopic (exact) mass is 463 g/mol. The molecule has 2 heterocycles. The van der Waals surface area contributed by atoms with E-state index in [1.807, 2.05) is 45.0 Å². The maximum absolute atomic E-state index is 12.7. The van der Waals surface area contributed by atoms with Crippen LogP contribution >= 0.6 is 0 Å². The third-order valence-electron chi connectivity index (χ3n) is 5.15. The van der Waals surface area contributed by atoms with Crippen LogP contribution < -0.4 is 10.6 Å². The van der Waals surface area contributed by atoms with Gasteiger partial charge in [-0.25, -0.2) is 18.2 Å². The van der Waals surface area contributed by atoms with Gasteiger partial charge in [-0.05, 0) is 57.7 Å². The number of aryl methyl sites for hydroxylation is 1. The van der Waals surface area contributed by atoms with E-state index in [0.717, 1.165) is 24.1 Å². The number of ether oxygens (including phenoxy) is 1. The lowest BCUT2D eigenvalue weighted by Crippen LogP contribution is -2.42. The number of imidazole rings is 1. The third kappa shape index (κ3) is 6.70. The van der Waals surface area contributed by atoms with Gasteiger partial charge in [-0.2, -0.15) is 4.31 Å². The number of amides is 1. The molecule has 176 valence electrons. The summed E-state index contributed by atoms with van der Waals surface area (Å²) < 4.78 is 33.8. The van der Waals surface area contributed by atoms with E-state index >= 15 is 0 Å². The molecule has 0 unspecified atom stereocenters. The van der Waals surface area contributed by atoms with Crippen molar-refractivity contribution in [2.75, 3.05) is 25.0 Å². The highest BCUT2D eigenvalue weighted by atomic mass is 32.2. The van der Waals surface area contributed by atoms with Crippen molar-refractivity contribution in [2.45, 2.75) is 56.7 Å². The Hall–Kier alpha value is -2.59. The Morgan fingerprint density at radius 3 is 2.41 bits per heavy atom. The first-order valence-corrected chi connectivity index (χ1v) is 12.3. The van der Waals surface area contributed by atoms with Crippen molar-refractivity contribution in [2.24, 2.45) is 7.05 Å². The fourth-order valence-electron chi connectivity index (χ4n) is 3.52. The first kappa shape index (κ1) is 24.1. The van der Waals surface area contributed by atoms with Gasteiger partial charge in [0.25, 0.3) is 10.0 Å². The molecule has 9 nitrogen and oxygen atoms in total. The molecule has 1 amide bonds. The zero-order valence-corrected chi connectivity index (χ0v) is 20.0. The van der Waals surface area contributed by atoms with Crippen LogP contribution in [-0.2, 0) is 28.2 Å². The van der Waals surface area contributed by atoms with Crippen molar-refractivity contribution in [1.82, 2.24) is 19.2 Å². The lowest BCUT2D eigenvalue weighted by Gasteiger charge is -2.31. The second-order valence-electron chi connectivity index (χ2n) is 9.08. The molecular weight excluding hydrogens is 430 g/mol. The molecule has 0 aliphatic carbocycles. The Kier molecular flexibility index (Phi) is 7.45. The summed E-state index contributed by atoms with van der Waals surface area (Å²) in [6.45, 7) is 6.94. The van der Waals surface area contributed by atoms with E-state index in [4.69, 9.17) is 4.74 Å². The van der Waals surface area contributed by atoms with E-state index < -0.39 is 21.7 Å². The number of sulfonamides is 1. The van der Waals surface area contributed by atoms with Gasteiger partial charge in [0, 0.05) is 44.6 Å². The van der Waals surface area contributed by atoms with E-state index in [1.54, 1.807) is 11.6 Å². The molecule has 0 bridgehead atoms. The molecular formula is C22H33N5O4S. The Balaban J connectivity index is 1.43. The number of hydrogen-bond donors (Lipinski definition) is 2. The predicted octanol–water partition coefficient (Wildman–Crippen LogP) is 2.75. The first-order chi connectivity index (χ1) is 15.0. The normalized spacial score (nSPS) is 16.0. The molecule has 1 saturated heterocycles. The van der Waals surface area contributed by atoms with Crippen LogP contribution in [0.15, 0.2) is 41.8 Å². The van der Waals surface area contributed by atoms with Crippen LogP contribution in [0.5, 0.6) is 0 Å². The van der Waals surface area contributed by atoms with Crippen molar-refractivity contribution < 1.29 is 17.9 Å². The van der Waals surface area contributed by atoms with E-state index in [9.17, 15) is 13.2 Å². The van der Waals surface area contributed by atoms with Crippen LogP contribution in [0.4, 0.5) is 10.5 Å². The smallest absolute Gasteiger partial charge is 0.407 e. The van der Waals surface area contributed by atoms with Crippen molar-refractivity contribution in [3.05, 3.63) is 42.4 Å². The predicted molar refractivity (Wildman–Crippen MR) is 123 cm³/mol. The summed E-state index contributed by atoms with van der Waals surface area (Å²) in [5.41, 5.74) is 1.61. The average Bonchev–Trinajstić information content (AvgIpc) is 3.16. The van der Waals surface area contributed by atoms with Crippen molar-refractivity contribution in [3.63, 3.8) is 0 Å². The fourth-order valence-corrected chi connectivity index (χ4v) is 4.96. The molecule has 0 radical (unpaired) electrons. The Morgan fingerprint density at radius 2 is 1.84 bits per heavy atom. The summed E-state index contributed by atoms with van der Waals surface area (Å²) in [6.07, 6.45) is 4.79. The highest BCUT2D eigenvalue weighted by Gasteiger charge is 2.30. The number of alkyl carbamates (subject to hydrolysis) is 1. The molecule has 10 heteroatoms. The summed E-state index contributed by atoms with van der Waals surface area (Å²) in [6, 6.07) is 8.30. The molecule has 1 aromatic carbocycles. The van der Waals surface area contributed by atoms with Gasteiger partial charge < -0.3 is 19.9 Å². The van der Waals surface area contributed by atoms with Crippen LogP contribution in [0.25, 0.3) is 0 Å². The zero-order valence-electron chi connectivity index (χ0n) is 19.2. The maximum atomic E-state index is 12.7. The number of carbonyl (C=O) groups excluding carboxylic acids is 1. The number of carbonyl (C=O) groups is 1. The number of nitrogens with one attached hydrogen (secondary N) is 2. The summed E-state index contributed by atoms with van der Waals surface area (Å²) in [5.74, 6) is 0. The van der Waals surface area contributed by atoms with Gasteiger partial charge in [0.1, 0.15) is 5.60 Å². The topological polar surface area (TPSA) is 106 Å². The number of nitrogens with zero attached hydrogens (tertiary/aromatic N) is 3. The van der Waals surface area contributed by atoms with Gasteiger partial charge in [0.05, 0.1) is 6.33 Å². The molecule has 1 aliphatic rings. The second kappa shape index (κ2) is 9.91. The van der Waals surface area contributed by atoms with Crippen LogP contribution in [0.1, 0.15) is 39.2 Å². The lowest BCUT2D eigenvalue weighted by atomic mass is 10.1. The number of benzene rings is 1. The zero-order chi connectivity index (χ0) is 23.4. The van der Waals surface area contributed by atoms with Crippen LogP contribution in [-0.4, -0.2) is 59.6 Å². The standard InChI is InChI=1S/C22H33N5O4S/c1-22(2,3)31-21(28)23-12-9-17-5-7-18(8-6-17)25-19-10-13-27(14-11-19)32(29,30)20-15-26(4)16-24-20/h5-8,15-16,19,25H,9-14H2,1-4H3,(H,23,28). The number of rotatable bonds is 7. The van der Waals surface area contributed by atoms with E-state index in [0.29, 0.717) is 26.1 Å². The van der Waals surface area contributed by atoms with Crippen LogP contribution in [0.2, 0.25) is 0 Å². The minimum atomic E-state index is -3.53. The molecule has 32 heavy (non-hydrogen) atoms. The molecule has 1 fully saturated rings. The van der Waals surface area contributed by atoms with E-state index in [2.05, 4.69) is 15.6 Å². The molecule has 2 N–H and O–H groups in total. The molecule has 1 aromatic heterocycles. The largest absolute Gasteiger partial charge is 0.444 e. The Bertz CT molecular complexity index is 1000. The van der Waals surface area contributed by atoms with Gasteiger partial charge in [0.15, 0.2) is 5.03 Å². The fraction of sp³-hybridized carbons (Fsp3) is 0.545. The molecule has 0 saturated carbocycles. The third-order valence-corrected chi connectivity index (χ3v) is 6.93. The first-order valence-electron chi connectivity index (χ1n) is 10.8. The number of anilines is 1. The van der Waals surface area contributed by atoms with Crippen LogP contribution in [0.3, 0.4) is 0 Å².